The van der Waals surface area contributed by atoms with Crippen molar-refractivity contribution in [1.29, 1.82) is 0 Å². The van der Waals surface area contributed by atoms with Crippen LogP contribution in [-0.4, -0.2) is 13.6 Å². The van der Waals surface area contributed by atoms with Crippen LogP contribution in [0.2, 0.25) is 0 Å². The first kappa shape index (κ1) is 21.8. The molecule has 1 heterocycles. The van der Waals surface area contributed by atoms with E-state index in [0.29, 0.717) is 12.1 Å². The van der Waals surface area contributed by atoms with Crippen LogP contribution in [-0.2, 0) is 22.9 Å². The molecule has 0 aliphatic heterocycles. The molecule has 0 aliphatic carbocycles. The highest BCUT2D eigenvalue weighted by atomic mass is 32.2. The average Bonchev–Trinajstić information content (AvgIpc) is 3.03. The third-order valence-corrected chi connectivity index (χ3v) is 5.23. The Morgan fingerprint density at radius 3 is 2.17 bits per heavy atom. The second-order valence-electron chi connectivity index (χ2n) is 6.30. The lowest BCUT2D eigenvalue weighted by Crippen LogP contribution is -2.16. The van der Waals surface area contributed by atoms with Crippen LogP contribution in [0, 0.1) is 18.6 Å². The van der Waals surface area contributed by atoms with Gasteiger partial charge in [0, 0.05) is 5.56 Å². The molecule has 12 heteroatoms. The van der Waals surface area contributed by atoms with Crippen molar-refractivity contribution >= 4 is 10.0 Å². The molecule has 0 bridgehead atoms. The van der Waals surface area contributed by atoms with Crippen molar-refractivity contribution < 1.29 is 39.3 Å². The zero-order valence-electron chi connectivity index (χ0n) is 15.0. The maximum Gasteiger partial charge on any atom is 0.416 e. The van der Waals surface area contributed by atoms with Gasteiger partial charge in [0.15, 0.2) is 17.3 Å². The van der Waals surface area contributed by atoms with Crippen LogP contribution in [0.1, 0.15) is 16.9 Å². The Labute approximate surface area is 166 Å². The van der Waals surface area contributed by atoms with Crippen molar-refractivity contribution in [2.24, 2.45) is 5.14 Å². The lowest BCUT2D eigenvalue weighted by atomic mass is 9.96. The topological polar surface area (TPSA) is 86.2 Å². The zero-order valence-corrected chi connectivity index (χ0v) is 15.8. The molecule has 30 heavy (non-hydrogen) atoms. The number of primary sulfonamides is 1. The summed E-state index contributed by atoms with van der Waals surface area (Å²) in [5.41, 5.74) is -2.25. The van der Waals surface area contributed by atoms with Gasteiger partial charge >= 0.3 is 6.18 Å². The molecule has 1 aromatic heterocycles. The molecule has 0 saturated heterocycles. The first-order chi connectivity index (χ1) is 13.8. The van der Waals surface area contributed by atoms with Gasteiger partial charge in [-0.25, -0.2) is 26.7 Å². The Hall–Kier alpha value is -2.86. The van der Waals surface area contributed by atoms with Gasteiger partial charge in [-0.15, -0.1) is 0 Å². The summed E-state index contributed by atoms with van der Waals surface area (Å²) < 4.78 is 109. The number of benzene rings is 2. The summed E-state index contributed by atoms with van der Waals surface area (Å²) in [6.07, 6.45) is -4.69. The van der Waals surface area contributed by atoms with E-state index in [4.69, 9.17) is 9.66 Å². The zero-order chi connectivity index (χ0) is 22.4. The van der Waals surface area contributed by atoms with E-state index in [1.165, 1.54) is 13.0 Å². The maximum atomic E-state index is 14.2. The molecular weight excluding hydrogens is 438 g/mol. The lowest BCUT2D eigenvalue weighted by molar-refractivity contribution is -0.138. The monoisotopic (exact) mass is 450 g/mol. The number of sulfonamides is 1. The Morgan fingerprint density at radius 2 is 1.67 bits per heavy atom. The largest absolute Gasteiger partial charge is 0.416 e. The summed E-state index contributed by atoms with van der Waals surface area (Å²) in [6, 6.07) is 4.24. The molecule has 0 fully saturated rings. The SMILES string of the molecule is Cc1ccc(-c2noc(CF)c2-c2cc(F)c(S(N)(=O)=O)c(F)c2)cc1C(F)(F)F. The van der Waals surface area contributed by atoms with E-state index in [1.807, 2.05) is 0 Å². The van der Waals surface area contributed by atoms with Crippen molar-refractivity contribution in [2.45, 2.75) is 24.7 Å². The van der Waals surface area contributed by atoms with Crippen molar-refractivity contribution in [3.8, 4) is 22.4 Å². The number of nitrogens with zero attached hydrogens (tertiary/aromatic N) is 1. The molecule has 5 nitrogen and oxygen atoms in total. The molecule has 0 unspecified atom stereocenters. The third kappa shape index (κ3) is 3.92. The number of rotatable bonds is 4. The van der Waals surface area contributed by atoms with Gasteiger partial charge in [-0.3, -0.25) is 0 Å². The van der Waals surface area contributed by atoms with Crippen LogP contribution >= 0.6 is 0 Å². The van der Waals surface area contributed by atoms with Gasteiger partial charge in [0.1, 0.15) is 17.3 Å². The minimum absolute atomic E-state index is 0.0865. The van der Waals surface area contributed by atoms with Crippen molar-refractivity contribution in [3.05, 3.63) is 58.9 Å². The highest BCUT2D eigenvalue weighted by molar-refractivity contribution is 7.89. The fourth-order valence-corrected chi connectivity index (χ4v) is 3.62. The second kappa shape index (κ2) is 7.43. The molecule has 0 radical (unpaired) electrons. The van der Waals surface area contributed by atoms with Crippen LogP contribution in [0.25, 0.3) is 22.4 Å². The van der Waals surface area contributed by atoms with Crippen molar-refractivity contribution in [2.75, 3.05) is 0 Å². The number of hydrogen-bond acceptors (Lipinski definition) is 4. The summed E-state index contributed by atoms with van der Waals surface area (Å²) in [4.78, 5) is -1.40. The number of nitrogens with two attached hydrogens (primary N) is 1. The summed E-state index contributed by atoms with van der Waals surface area (Å²) >= 11 is 0. The number of alkyl halides is 4. The van der Waals surface area contributed by atoms with E-state index in [9.17, 15) is 34.8 Å². The fourth-order valence-electron chi connectivity index (χ4n) is 2.96. The van der Waals surface area contributed by atoms with Crippen molar-refractivity contribution in [1.82, 2.24) is 5.16 Å². The highest BCUT2D eigenvalue weighted by Gasteiger charge is 2.33. The quantitative estimate of drug-likeness (QED) is 0.583. The Morgan fingerprint density at radius 1 is 1.07 bits per heavy atom. The summed E-state index contributed by atoms with van der Waals surface area (Å²) in [7, 11) is -4.74. The standard InChI is InChI=1S/C18H12F6N2O3S/c1-8-2-3-9(4-11(8)18(22,23)24)16-15(14(7-19)29-26-16)10-5-12(20)17(13(21)6-10)30(25,27)28/h2-6H,7H2,1H3,(H2,25,27,28). The summed E-state index contributed by atoms with van der Waals surface area (Å²) in [5, 5.41) is 8.32. The maximum absolute atomic E-state index is 14.2. The van der Waals surface area contributed by atoms with Gasteiger partial charge in [-0.2, -0.15) is 13.2 Å². The predicted molar refractivity (Wildman–Crippen MR) is 93.2 cm³/mol. The second-order valence-corrected chi connectivity index (χ2v) is 7.80. The Kier molecular flexibility index (Phi) is 5.41. The third-order valence-electron chi connectivity index (χ3n) is 4.27. The highest BCUT2D eigenvalue weighted by Crippen LogP contribution is 2.40. The summed E-state index contributed by atoms with van der Waals surface area (Å²) in [5.74, 6) is -3.64. The van der Waals surface area contributed by atoms with Gasteiger partial charge in [0.05, 0.1) is 11.1 Å². The molecule has 2 N–H and O–H groups in total. The molecule has 0 saturated carbocycles. The Balaban J connectivity index is 2.27. The average molecular weight is 450 g/mol. The number of aryl methyl sites for hydroxylation is 1. The molecule has 3 aromatic rings. The molecule has 3 rings (SSSR count). The normalized spacial score (nSPS) is 12.4. The fraction of sp³-hybridized carbons (Fsp3) is 0.167. The summed E-state index contributed by atoms with van der Waals surface area (Å²) in [6.45, 7) is -0.0550. The van der Waals surface area contributed by atoms with Crippen LogP contribution in [0.3, 0.4) is 0 Å². The first-order valence-electron chi connectivity index (χ1n) is 8.09. The predicted octanol–water partition coefficient (Wildman–Crippen LogP) is 4.73. The minimum atomic E-state index is -4.74. The van der Waals surface area contributed by atoms with Crippen LogP contribution in [0.15, 0.2) is 39.8 Å². The van der Waals surface area contributed by atoms with E-state index in [1.54, 1.807) is 0 Å². The minimum Gasteiger partial charge on any atom is -0.357 e. The molecule has 160 valence electrons. The molecule has 0 aliphatic rings. The van der Waals surface area contributed by atoms with Gasteiger partial charge in [-0.05, 0) is 36.2 Å². The molecule has 0 atom stereocenters. The number of halogens is 6. The van der Waals surface area contributed by atoms with Crippen molar-refractivity contribution in [3.63, 3.8) is 0 Å². The first-order valence-corrected chi connectivity index (χ1v) is 9.64. The van der Waals surface area contributed by atoms with E-state index in [0.717, 1.165) is 12.1 Å². The molecular formula is C18H12F6N2O3S. The van der Waals surface area contributed by atoms with E-state index >= 15 is 0 Å². The molecule has 2 aromatic carbocycles. The van der Waals surface area contributed by atoms with E-state index < -0.39 is 56.3 Å². The van der Waals surface area contributed by atoms with Crippen LogP contribution in [0.5, 0.6) is 0 Å². The number of aromatic nitrogens is 1. The van der Waals surface area contributed by atoms with Gasteiger partial charge in [0.25, 0.3) is 0 Å². The van der Waals surface area contributed by atoms with Gasteiger partial charge in [-0.1, -0.05) is 17.3 Å². The van der Waals surface area contributed by atoms with Crippen LogP contribution < -0.4 is 5.14 Å². The van der Waals surface area contributed by atoms with Crippen LogP contribution in [0.4, 0.5) is 26.3 Å². The van der Waals surface area contributed by atoms with E-state index in [-0.39, 0.29) is 22.4 Å². The number of hydrogen-bond donors (Lipinski definition) is 1. The lowest BCUT2D eigenvalue weighted by Gasteiger charge is -2.12. The molecule has 0 amide bonds. The van der Waals surface area contributed by atoms with Gasteiger partial charge < -0.3 is 4.52 Å². The molecule has 0 spiro atoms. The van der Waals surface area contributed by atoms with E-state index in [2.05, 4.69) is 5.16 Å². The van der Waals surface area contributed by atoms with Gasteiger partial charge in [0.2, 0.25) is 10.0 Å². The smallest absolute Gasteiger partial charge is 0.357 e. The Bertz CT molecular complexity index is 1210.